The normalized spacial score (nSPS) is 11.5. The van der Waals surface area contributed by atoms with Gasteiger partial charge in [0.2, 0.25) is 15.9 Å². The summed E-state index contributed by atoms with van der Waals surface area (Å²) in [5.41, 5.74) is 0.313. The first-order valence-corrected chi connectivity index (χ1v) is 9.64. The van der Waals surface area contributed by atoms with Gasteiger partial charge in [0.1, 0.15) is 0 Å². The Balaban J connectivity index is 3.01. The lowest BCUT2D eigenvalue weighted by atomic mass is 10.1. The number of sulfonamides is 1. The number of Topliss-reactive ketones (excluding diaryl/α,β-unsaturated/α-hetero) is 1. The van der Waals surface area contributed by atoms with E-state index in [2.05, 4.69) is 5.32 Å². The lowest BCUT2D eigenvalue weighted by Crippen LogP contribution is -2.32. The standard InChI is InChI=1S/C17H26N2O4S/c1-4-11-19(12-5-2)24(22,23)15-8-6-7-14(13-15)16(20)9-10-17(21)18-3/h6-8,13H,4-5,9-12H2,1-3H3,(H,18,21). The van der Waals surface area contributed by atoms with Crippen molar-refractivity contribution in [2.75, 3.05) is 20.1 Å². The number of nitrogens with zero attached hydrogens (tertiary/aromatic N) is 1. The first-order chi connectivity index (χ1) is 11.4. The second-order valence-corrected chi connectivity index (χ2v) is 7.47. The molecule has 0 unspecified atom stereocenters. The molecular formula is C17H26N2O4S. The number of carbonyl (C=O) groups is 2. The third-order valence-electron chi connectivity index (χ3n) is 3.60. The van der Waals surface area contributed by atoms with Crippen molar-refractivity contribution in [2.45, 2.75) is 44.4 Å². The predicted octanol–water partition coefficient (Wildman–Crippen LogP) is 2.21. The van der Waals surface area contributed by atoms with Crippen molar-refractivity contribution in [3.05, 3.63) is 29.8 Å². The van der Waals surface area contributed by atoms with E-state index in [-0.39, 0.29) is 29.4 Å². The maximum Gasteiger partial charge on any atom is 0.243 e. The molecule has 0 aromatic heterocycles. The van der Waals surface area contributed by atoms with E-state index in [0.29, 0.717) is 18.7 Å². The van der Waals surface area contributed by atoms with Gasteiger partial charge in [-0.1, -0.05) is 26.0 Å². The van der Waals surface area contributed by atoms with Gasteiger partial charge in [-0.25, -0.2) is 8.42 Å². The summed E-state index contributed by atoms with van der Waals surface area (Å²) in [5, 5.41) is 2.46. The molecule has 0 aliphatic rings. The molecule has 6 nitrogen and oxygen atoms in total. The number of benzene rings is 1. The maximum absolute atomic E-state index is 12.7. The van der Waals surface area contributed by atoms with Crippen LogP contribution >= 0.6 is 0 Å². The quantitative estimate of drug-likeness (QED) is 0.653. The average Bonchev–Trinajstić information content (AvgIpc) is 2.59. The molecule has 0 heterocycles. The molecule has 1 aromatic carbocycles. The van der Waals surface area contributed by atoms with Crippen molar-refractivity contribution in [3.8, 4) is 0 Å². The Labute approximate surface area is 144 Å². The van der Waals surface area contributed by atoms with E-state index in [1.165, 1.54) is 23.5 Å². The molecule has 0 spiro atoms. The lowest BCUT2D eigenvalue weighted by molar-refractivity contribution is -0.120. The van der Waals surface area contributed by atoms with Gasteiger partial charge in [-0.15, -0.1) is 0 Å². The minimum Gasteiger partial charge on any atom is -0.359 e. The lowest BCUT2D eigenvalue weighted by Gasteiger charge is -2.21. The van der Waals surface area contributed by atoms with Crippen LogP contribution in [0.4, 0.5) is 0 Å². The van der Waals surface area contributed by atoms with Crippen LogP contribution in [0.2, 0.25) is 0 Å². The van der Waals surface area contributed by atoms with E-state index in [0.717, 1.165) is 12.8 Å². The number of hydrogen-bond acceptors (Lipinski definition) is 4. The van der Waals surface area contributed by atoms with E-state index in [1.54, 1.807) is 12.1 Å². The minimum absolute atomic E-state index is 0.0524. The smallest absolute Gasteiger partial charge is 0.243 e. The Bertz CT molecular complexity index is 665. The average molecular weight is 354 g/mol. The molecule has 1 amide bonds. The summed E-state index contributed by atoms with van der Waals surface area (Å²) in [6.07, 6.45) is 1.59. The molecule has 1 N–H and O–H groups in total. The summed E-state index contributed by atoms with van der Waals surface area (Å²) in [6.45, 7) is 4.75. The van der Waals surface area contributed by atoms with Crippen LogP contribution in [0.15, 0.2) is 29.2 Å². The number of amides is 1. The van der Waals surface area contributed by atoms with Gasteiger partial charge in [-0.2, -0.15) is 4.31 Å². The van der Waals surface area contributed by atoms with Crippen LogP contribution in [-0.2, 0) is 14.8 Å². The van der Waals surface area contributed by atoms with Gasteiger partial charge < -0.3 is 5.32 Å². The van der Waals surface area contributed by atoms with Gasteiger partial charge in [0.05, 0.1) is 4.90 Å². The monoisotopic (exact) mass is 354 g/mol. The largest absolute Gasteiger partial charge is 0.359 e. The molecule has 7 heteroatoms. The molecule has 134 valence electrons. The fraction of sp³-hybridized carbons (Fsp3) is 0.529. The summed E-state index contributed by atoms with van der Waals surface area (Å²) in [7, 11) is -2.11. The van der Waals surface area contributed by atoms with Crippen LogP contribution in [0.5, 0.6) is 0 Å². The van der Waals surface area contributed by atoms with Crippen molar-refractivity contribution in [2.24, 2.45) is 0 Å². The van der Waals surface area contributed by atoms with E-state index >= 15 is 0 Å². The van der Waals surface area contributed by atoms with Crippen molar-refractivity contribution in [3.63, 3.8) is 0 Å². The molecular weight excluding hydrogens is 328 g/mol. The molecule has 0 atom stereocenters. The van der Waals surface area contributed by atoms with Crippen molar-refractivity contribution in [1.29, 1.82) is 0 Å². The molecule has 0 bridgehead atoms. The Morgan fingerprint density at radius 2 is 1.71 bits per heavy atom. The zero-order chi connectivity index (χ0) is 18.2. The van der Waals surface area contributed by atoms with Crippen molar-refractivity contribution in [1.82, 2.24) is 9.62 Å². The second-order valence-electron chi connectivity index (χ2n) is 5.53. The van der Waals surface area contributed by atoms with Crippen molar-refractivity contribution >= 4 is 21.7 Å². The first kappa shape index (κ1) is 20.3. The number of nitrogens with one attached hydrogen (secondary N) is 1. The highest BCUT2D eigenvalue weighted by Gasteiger charge is 2.23. The molecule has 0 radical (unpaired) electrons. The summed E-state index contributed by atoms with van der Waals surface area (Å²) < 4.78 is 26.9. The maximum atomic E-state index is 12.7. The van der Waals surface area contributed by atoms with Gasteiger partial charge in [0.15, 0.2) is 5.78 Å². The Hall–Kier alpha value is -1.73. The molecule has 1 aromatic rings. The predicted molar refractivity (Wildman–Crippen MR) is 93.4 cm³/mol. The number of ketones is 1. The summed E-state index contributed by atoms with van der Waals surface area (Å²) in [4.78, 5) is 23.5. The Morgan fingerprint density at radius 3 is 2.25 bits per heavy atom. The highest BCUT2D eigenvalue weighted by atomic mass is 32.2. The van der Waals surface area contributed by atoms with E-state index in [9.17, 15) is 18.0 Å². The van der Waals surface area contributed by atoms with Crippen LogP contribution in [0.1, 0.15) is 49.9 Å². The molecule has 0 fully saturated rings. The van der Waals surface area contributed by atoms with E-state index in [1.807, 2.05) is 13.8 Å². The van der Waals surface area contributed by atoms with Gasteiger partial charge in [-0.05, 0) is 25.0 Å². The van der Waals surface area contributed by atoms with Gasteiger partial charge in [0, 0.05) is 38.5 Å². The first-order valence-electron chi connectivity index (χ1n) is 8.20. The SMILES string of the molecule is CCCN(CCC)S(=O)(=O)c1cccc(C(=O)CCC(=O)NC)c1. The third-order valence-corrected chi connectivity index (χ3v) is 5.49. The second kappa shape index (κ2) is 9.54. The summed E-state index contributed by atoms with van der Waals surface area (Å²) in [5.74, 6) is -0.461. The molecule has 0 aliphatic carbocycles. The van der Waals surface area contributed by atoms with E-state index < -0.39 is 10.0 Å². The number of hydrogen-bond donors (Lipinski definition) is 1. The summed E-state index contributed by atoms with van der Waals surface area (Å²) >= 11 is 0. The minimum atomic E-state index is -3.62. The van der Waals surface area contributed by atoms with Gasteiger partial charge in [-0.3, -0.25) is 9.59 Å². The number of carbonyl (C=O) groups excluding carboxylic acids is 2. The zero-order valence-corrected chi connectivity index (χ0v) is 15.4. The van der Waals surface area contributed by atoms with Crippen LogP contribution in [0.25, 0.3) is 0 Å². The van der Waals surface area contributed by atoms with Crippen LogP contribution in [-0.4, -0.2) is 44.6 Å². The zero-order valence-electron chi connectivity index (χ0n) is 14.5. The molecule has 24 heavy (non-hydrogen) atoms. The van der Waals surface area contributed by atoms with Crippen LogP contribution < -0.4 is 5.32 Å². The Morgan fingerprint density at radius 1 is 1.08 bits per heavy atom. The van der Waals surface area contributed by atoms with Gasteiger partial charge >= 0.3 is 0 Å². The van der Waals surface area contributed by atoms with E-state index in [4.69, 9.17) is 0 Å². The fourth-order valence-electron chi connectivity index (χ4n) is 2.33. The molecule has 1 rings (SSSR count). The highest BCUT2D eigenvalue weighted by Crippen LogP contribution is 2.19. The van der Waals surface area contributed by atoms with Crippen LogP contribution in [0, 0.1) is 0 Å². The van der Waals surface area contributed by atoms with Crippen molar-refractivity contribution < 1.29 is 18.0 Å². The Kier molecular flexibility index (Phi) is 8.07. The fourth-order valence-corrected chi connectivity index (χ4v) is 4.00. The third kappa shape index (κ3) is 5.42. The highest BCUT2D eigenvalue weighted by molar-refractivity contribution is 7.89. The molecule has 0 aliphatic heterocycles. The van der Waals surface area contributed by atoms with Crippen LogP contribution in [0.3, 0.4) is 0 Å². The van der Waals surface area contributed by atoms with Gasteiger partial charge in [0.25, 0.3) is 0 Å². The topological polar surface area (TPSA) is 83.6 Å². The molecule has 0 saturated carbocycles. The number of rotatable bonds is 10. The molecule has 0 saturated heterocycles. The summed E-state index contributed by atoms with van der Waals surface area (Å²) in [6, 6.07) is 6.05.